The van der Waals surface area contributed by atoms with Gasteiger partial charge < -0.3 is 20.5 Å². The molecule has 2 heterocycles. The van der Waals surface area contributed by atoms with E-state index in [2.05, 4.69) is 20.4 Å². The molecule has 0 aliphatic rings. The Morgan fingerprint density at radius 1 is 0.971 bits per heavy atom. The lowest BCUT2D eigenvalue weighted by molar-refractivity contribution is -0.120. The highest BCUT2D eigenvalue weighted by molar-refractivity contribution is 5.79. The summed E-state index contributed by atoms with van der Waals surface area (Å²) >= 11 is 0. The molecule has 0 bridgehead atoms. The maximum atomic E-state index is 12.4. The van der Waals surface area contributed by atoms with Crippen LogP contribution in [0.2, 0.25) is 0 Å². The highest BCUT2D eigenvalue weighted by Crippen LogP contribution is 2.19. The number of carbonyl (C=O) groups is 1. The van der Waals surface area contributed by atoms with E-state index in [4.69, 9.17) is 15.2 Å². The number of carbonyl (C=O) groups excluding carboxylic acids is 1. The topological polar surface area (TPSA) is 117 Å². The number of hydrogen-bond donors (Lipinski definition) is 2. The van der Waals surface area contributed by atoms with Crippen molar-refractivity contribution in [2.75, 3.05) is 18.9 Å². The van der Waals surface area contributed by atoms with Gasteiger partial charge in [0.1, 0.15) is 18.1 Å². The van der Waals surface area contributed by atoms with Crippen molar-refractivity contribution in [3.8, 4) is 11.5 Å². The van der Waals surface area contributed by atoms with E-state index in [0.717, 1.165) is 46.9 Å². The Kier molecular flexibility index (Phi) is 7.77. The molecule has 4 aromatic rings. The highest BCUT2D eigenvalue weighted by Gasteiger charge is 2.15. The van der Waals surface area contributed by atoms with Crippen molar-refractivity contribution >= 4 is 17.6 Å². The van der Waals surface area contributed by atoms with Crippen LogP contribution in [0.15, 0.2) is 54.6 Å². The summed E-state index contributed by atoms with van der Waals surface area (Å²) in [4.78, 5) is 20.9. The Hall–Kier alpha value is -4.14. The minimum absolute atomic E-state index is 0.0579. The average molecular weight is 475 g/mol. The predicted octanol–water partition coefficient (Wildman–Crippen LogP) is 3.42. The lowest BCUT2D eigenvalue weighted by Crippen LogP contribution is -2.27. The molecule has 0 aliphatic heterocycles. The maximum Gasteiger partial charge on any atom is 0.254 e. The number of hydrogen-bond acceptors (Lipinski definition) is 7. The number of benzene rings is 2. The second-order valence-corrected chi connectivity index (χ2v) is 8.27. The third-order valence-electron chi connectivity index (χ3n) is 5.64. The molecule has 4 rings (SSSR count). The molecular formula is C26H30N6O3. The Morgan fingerprint density at radius 3 is 2.43 bits per heavy atom. The van der Waals surface area contributed by atoms with Crippen LogP contribution in [0.4, 0.5) is 5.95 Å². The molecule has 0 unspecified atom stereocenters. The molecule has 0 fully saturated rings. The summed E-state index contributed by atoms with van der Waals surface area (Å²) in [6.45, 7) is 5.44. The van der Waals surface area contributed by atoms with Gasteiger partial charge in [-0.1, -0.05) is 30.3 Å². The lowest BCUT2D eigenvalue weighted by Gasteiger charge is -2.11. The average Bonchev–Trinajstić information content (AvgIpc) is 3.24. The molecule has 3 N–H and O–H groups in total. The SMILES string of the molecule is Cc1nc2nc(N)nn2c(C)c1CC(=O)NCCCCOc1ccc(OCc2ccccc2)cc1. The van der Waals surface area contributed by atoms with Crippen molar-refractivity contribution in [3.63, 3.8) is 0 Å². The van der Waals surface area contributed by atoms with E-state index in [1.807, 2.05) is 68.4 Å². The summed E-state index contributed by atoms with van der Waals surface area (Å²) in [5.74, 6) is 2.14. The van der Waals surface area contributed by atoms with Gasteiger partial charge in [-0.3, -0.25) is 4.79 Å². The zero-order chi connectivity index (χ0) is 24.6. The number of unbranched alkanes of at least 4 members (excludes halogenated alkanes) is 1. The van der Waals surface area contributed by atoms with Crippen LogP contribution in [-0.2, 0) is 17.8 Å². The summed E-state index contributed by atoms with van der Waals surface area (Å²) in [5.41, 5.74) is 9.19. The third-order valence-corrected chi connectivity index (χ3v) is 5.64. The van der Waals surface area contributed by atoms with Crippen molar-refractivity contribution in [1.29, 1.82) is 0 Å². The van der Waals surface area contributed by atoms with E-state index in [1.54, 1.807) is 4.52 Å². The van der Waals surface area contributed by atoms with Gasteiger partial charge in [-0.2, -0.15) is 9.50 Å². The fourth-order valence-electron chi connectivity index (χ4n) is 3.72. The van der Waals surface area contributed by atoms with E-state index in [-0.39, 0.29) is 18.3 Å². The first-order valence-corrected chi connectivity index (χ1v) is 11.6. The van der Waals surface area contributed by atoms with Crippen molar-refractivity contribution < 1.29 is 14.3 Å². The summed E-state index contributed by atoms with van der Waals surface area (Å²) in [6.07, 6.45) is 1.88. The molecule has 9 heteroatoms. The number of ether oxygens (including phenoxy) is 2. The van der Waals surface area contributed by atoms with Gasteiger partial charge in [0.15, 0.2) is 0 Å². The molecule has 35 heavy (non-hydrogen) atoms. The molecule has 182 valence electrons. The van der Waals surface area contributed by atoms with E-state index >= 15 is 0 Å². The number of nitrogens with zero attached hydrogens (tertiary/aromatic N) is 4. The molecule has 0 aliphatic carbocycles. The number of fused-ring (bicyclic) bond motifs is 1. The quantitative estimate of drug-likeness (QED) is 0.320. The van der Waals surface area contributed by atoms with Gasteiger partial charge in [0.2, 0.25) is 11.9 Å². The van der Waals surface area contributed by atoms with Crippen LogP contribution in [0.1, 0.15) is 35.4 Å². The van der Waals surface area contributed by atoms with Gasteiger partial charge in [0.25, 0.3) is 5.78 Å². The van der Waals surface area contributed by atoms with E-state index in [0.29, 0.717) is 25.5 Å². The molecule has 0 spiro atoms. The Morgan fingerprint density at radius 2 is 1.69 bits per heavy atom. The maximum absolute atomic E-state index is 12.4. The molecule has 0 saturated heterocycles. The highest BCUT2D eigenvalue weighted by atomic mass is 16.5. The van der Waals surface area contributed by atoms with Crippen LogP contribution >= 0.6 is 0 Å². The van der Waals surface area contributed by atoms with E-state index in [9.17, 15) is 4.79 Å². The smallest absolute Gasteiger partial charge is 0.254 e. The first kappa shape index (κ1) is 24.0. The van der Waals surface area contributed by atoms with Gasteiger partial charge in [0, 0.05) is 23.5 Å². The molecule has 2 aromatic heterocycles. The largest absolute Gasteiger partial charge is 0.494 e. The zero-order valence-corrected chi connectivity index (χ0v) is 20.0. The molecule has 2 aromatic carbocycles. The fraction of sp³-hybridized carbons (Fsp3) is 0.308. The Bertz CT molecular complexity index is 1270. The Balaban J connectivity index is 1.14. The number of aromatic nitrogens is 4. The predicted molar refractivity (Wildman–Crippen MR) is 133 cm³/mol. The molecule has 9 nitrogen and oxygen atoms in total. The molecule has 0 saturated carbocycles. The van der Waals surface area contributed by atoms with E-state index < -0.39 is 0 Å². The first-order valence-electron chi connectivity index (χ1n) is 11.6. The lowest BCUT2D eigenvalue weighted by atomic mass is 10.1. The number of nitrogen functional groups attached to an aromatic ring is 1. The number of nitrogens with two attached hydrogens (primary N) is 1. The molecular weight excluding hydrogens is 444 g/mol. The molecule has 0 radical (unpaired) electrons. The molecule has 0 atom stereocenters. The standard InChI is InChI=1S/C26H30N6O3/c1-18-23(19(2)32-26(29-18)30-25(27)31-32)16-24(33)28-14-6-7-15-34-21-10-12-22(13-11-21)35-17-20-8-4-3-5-9-20/h3-5,8-13H,6-7,14-17H2,1-2H3,(H2,27,31)(H,28,33). The number of rotatable bonds is 11. The monoisotopic (exact) mass is 474 g/mol. The van der Waals surface area contributed by atoms with Crippen molar-refractivity contribution in [1.82, 2.24) is 24.9 Å². The van der Waals surface area contributed by atoms with Crippen LogP contribution in [0.25, 0.3) is 5.78 Å². The minimum Gasteiger partial charge on any atom is -0.494 e. The summed E-state index contributed by atoms with van der Waals surface area (Å²) < 4.78 is 13.2. The van der Waals surface area contributed by atoms with E-state index in [1.165, 1.54) is 0 Å². The number of anilines is 1. The first-order chi connectivity index (χ1) is 17.0. The summed E-state index contributed by atoms with van der Waals surface area (Å²) in [5, 5.41) is 7.10. The number of nitrogens with one attached hydrogen (secondary N) is 1. The summed E-state index contributed by atoms with van der Waals surface area (Å²) in [7, 11) is 0. The Labute approximate surface area is 204 Å². The second kappa shape index (κ2) is 11.3. The van der Waals surface area contributed by atoms with Gasteiger partial charge in [-0.05, 0) is 56.5 Å². The van der Waals surface area contributed by atoms with Gasteiger partial charge >= 0.3 is 0 Å². The van der Waals surface area contributed by atoms with Gasteiger partial charge in [-0.25, -0.2) is 4.98 Å². The van der Waals surface area contributed by atoms with Gasteiger partial charge in [0.05, 0.1) is 13.0 Å². The van der Waals surface area contributed by atoms with Crippen LogP contribution in [0.5, 0.6) is 11.5 Å². The zero-order valence-electron chi connectivity index (χ0n) is 20.0. The number of aryl methyl sites for hydroxylation is 2. The van der Waals surface area contributed by atoms with Crippen LogP contribution in [0.3, 0.4) is 0 Å². The van der Waals surface area contributed by atoms with Crippen molar-refractivity contribution in [2.24, 2.45) is 0 Å². The van der Waals surface area contributed by atoms with Crippen LogP contribution in [0, 0.1) is 13.8 Å². The second-order valence-electron chi connectivity index (χ2n) is 8.27. The third kappa shape index (κ3) is 6.47. The summed E-state index contributed by atoms with van der Waals surface area (Å²) in [6, 6.07) is 17.7. The van der Waals surface area contributed by atoms with Gasteiger partial charge in [-0.15, -0.1) is 5.10 Å². The van der Waals surface area contributed by atoms with Crippen molar-refractivity contribution in [3.05, 3.63) is 77.1 Å². The molecule has 1 amide bonds. The van der Waals surface area contributed by atoms with Crippen LogP contribution < -0.4 is 20.5 Å². The van der Waals surface area contributed by atoms with Crippen LogP contribution in [-0.4, -0.2) is 38.6 Å². The normalized spacial score (nSPS) is 10.9. The minimum atomic E-state index is -0.0579. The number of amides is 1. The van der Waals surface area contributed by atoms with Crippen molar-refractivity contribution in [2.45, 2.75) is 39.7 Å². The fourth-order valence-corrected chi connectivity index (χ4v) is 3.72.